The predicted molar refractivity (Wildman–Crippen MR) is 241 cm³/mol. The van der Waals surface area contributed by atoms with Crippen LogP contribution in [0.2, 0.25) is 0 Å². The number of rotatable bonds is 9. The summed E-state index contributed by atoms with van der Waals surface area (Å²) in [5.41, 5.74) is 14.0. The van der Waals surface area contributed by atoms with E-state index in [0.717, 1.165) is 39.6 Å². The summed E-state index contributed by atoms with van der Waals surface area (Å²) in [7, 11) is 0. The van der Waals surface area contributed by atoms with Crippen LogP contribution in [0.3, 0.4) is 0 Å². The van der Waals surface area contributed by atoms with Crippen molar-refractivity contribution in [2.24, 2.45) is 0 Å². The number of benzene rings is 9. The number of anilines is 6. The van der Waals surface area contributed by atoms with Crippen LogP contribution in [0.1, 0.15) is 22.3 Å². The molecule has 0 radical (unpaired) electrons. The van der Waals surface area contributed by atoms with Crippen molar-refractivity contribution < 1.29 is 0 Å². The SMILES string of the molecule is Cc1cc(C)cc(N(c2ccc(-c3ccc(/C=C/c4ccc(N(c5ccccc5)c5ccccc5)cc4)cc3)cc2)c2cc3ccccc3c3ccccc23)c1. The molecule has 9 aromatic rings. The second-order valence-electron chi connectivity index (χ2n) is 14.4. The molecule has 0 atom stereocenters. The van der Waals surface area contributed by atoms with E-state index in [1.165, 1.54) is 49.5 Å². The molecule has 0 N–H and O–H groups in total. The summed E-state index contributed by atoms with van der Waals surface area (Å²) in [5, 5.41) is 5.00. The van der Waals surface area contributed by atoms with Crippen LogP contribution in [0, 0.1) is 13.8 Å². The maximum absolute atomic E-state index is 2.42. The van der Waals surface area contributed by atoms with Crippen LogP contribution in [0.25, 0.3) is 44.8 Å². The lowest BCUT2D eigenvalue weighted by Gasteiger charge is -2.28. The van der Waals surface area contributed by atoms with E-state index in [1.807, 2.05) is 0 Å². The largest absolute Gasteiger partial charge is 0.311 e. The van der Waals surface area contributed by atoms with Gasteiger partial charge in [-0.05, 0) is 130 Å². The van der Waals surface area contributed by atoms with Gasteiger partial charge in [0.05, 0.1) is 5.69 Å². The Balaban J connectivity index is 0.979. The van der Waals surface area contributed by atoms with E-state index >= 15 is 0 Å². The normalized spacial score (nSPS) is 11.3. The summed E-state index contributed by atoms with van der Waals surface area (Å²) in [4.78, 5) is 4.70. The molecule has 2 heteroatoms. The molecule has 0 aromatic heterocycles. The first-order valence-electron chi connectivity index (χ1n) is 19.3. The van der Waals surface area contributed by atoms with Gasteiger partial charge in [-0.25, -0.2) is 0 Å². The fourth-order valence-electron chi connectivity index (χ4n) is 7.84. The van der Waals surface area contributed by atoms with Gasteiger partial charge in [-0.1, -0.05) is 152 Å². The van der Waals surface area contributed by atoms with Crippen molar-refractivity contribution >= 4 is 67.8 Å². The first kappa shape index (κ1) is 34.6. The molecule has 9 aromatic carbocycles. The molecular formula is C54H42N2. The Morgan fingerprint density at radius 3 is 1.34 bits per heavy atom. The topological polar surface area (TPSA) is 6.48 Å². The number of aryl methyl sites for hydroxylation is 2. The van der Waals surface area contributed by atoms with Gasteiger partial charge >= 0.3 is 0 Å². The third-order valence-electron chi connectivity index (χ3n) is 10.5. The van der Waals surface area contributed by atoms with Crippen LogP contribution < -0.4 is 9.80 Å². The molecule has 0 bridgehead atoms. The van der Waals surface area contributed by atoms with Gasteiger partial charge < -0.3 is 9.80 Å². The summed E-state index contributed by atoms with van der Waals surface area (Å²) < 4.78 is 0. The summed E-state index contributed by atoms with van der Waals surface area (Å²) >= 11 is 0. The predicted octanol–water partition coefficient (Wildman–Crippen LogP) is 15.4. The molecule has 0 heterocycles. The Morgan fingerprint density at radius 2 is 0.750 bits per heavy atom. The Bertz CT molecular complexity index is 2730. The summed E-state index contributed by atoms with van der Waals surface area (Å²) in [6.45, 7) is 4.36. The molecule has 9 rings (SSSR count). The Labute approximate surface area is 329 Å². The molecule has 2 nitrogen and oxygen atoms in total. The van der Waals surface area contributed by atoms with Gasteiger partial charge in [0.15, 0.2) is 0 Å². The molecule has 0 aliphatic rings. The van der Waals surface area contributed by atoms with E-state index in [1.54, 1.807) is 0 Å². The van der Waals surface area contributed by atoms with E-state index in [-0.39, 0.29) is 0 Å². The van der Waals surface area contributed by atoms with E-state index in [9.17, 15) is 0 Å². The molecular weight excluding hydrogens is 677 g/mol. The van der Waals surface area contributed by atoms with Crippen molar-refractivity contribution in [2.45, 2.75) is 13.8 Å². The van der Waals surface area contributed by atoms with Crippen LogP contribution in [-0.2, 0) is 0 Å². The number of fused-ring (bicyclic) bond motifs is 3. The molecule has 0 fully saturated rings. The lowest BCUT2D eigenvalue weighted by atomic mass is 9.98. The second-order valence-corrected chi connectivity index (χ2v) is 14.4. The first-order valence-corrected chi connectivity index (χ1v) is 19.3. The van der Waals surface area contributed by atoms with Gasteiger partial charge in [0.25, 0.3) is 0 Å². The van der Waals surface area contributed by atoms with Crippen molar-refractivity contribution in [1.82, 2.24) is 0 Å². The smallest absolute Gasteiger partial charge is 0.0546 e. The molecule has 0 aliphatic carbocycles. The standard InChI is InChI=1S/C54H42N2/c1-39-35-40(2)37-50(36-39)56(54-38-45-13-9-10-18-51(45)52-19-11-12-20-53(52)54)49-33-29-44(30-34-49)43-27-23-41(24-28-43)21-22-42-25-31-48(32-26-42)55(46-14-5-3-6-15-46)47-16-7-4-8-17-47/h3-38H,1-2H3/b22-21+. The molecule has 0 saturated heterocycles. The van der Waals surface area contributed by atoms with Crippen LogP contribution in [-0.4, -0.2) is 0 Å². The zero-order valence-electron chi connectivity index (χ0n) is 31.7. The zero-order chi connectivity index (χ0) is 37.8. The fraction of sp³-hybridized carbons (Fsp3) is 0.0370. The molecule has 56 heavy (non-hydrogen) atoms. The highest BCUT2D eigenvalue weighted by Gasteiger charge is 2.18. The Morgan fingerprint density at radius 1 is 0.321 bits per heavy atom. The number of para-hydroxylation sites is 2. The van der Waals surface area contributed by atoms with Crippen molar-refractivity contribution in [3.8, 4) is 11.1 Å². The molecule has 268 valence electrons. The minimum Gasteiger partial charge on any atom is -0.311 e. The van der Waals surface area contributed by atoms with Gasteiger partial charge in [0.2, 0.25) is 0 Å². The maximum atomic E-state index is 2.42. The third kappa shape index (κ3) is 7.09. The molecule has 0 aliphatic heterocycles. The van der Waals surface area contributed by atoms with E-state index in [0.29, 0.717) is 0 Å². The highest BCUT2D eigenvalue weighted by molar-refractivity contribution is 6.14. The van der Waals surface area contributed by atoms with E-state index in [2.05, 4.69) is 242 Å². The van der Waals surface area contributed by atoms with E-state index in [4.69, 9.17) is 0 Å². The van der Waals surface area contributed by atoms with Gasteiger partial charge in [-0.3, -0.25) is 0 Å². The Kier molecular flexibility index (Phi) is 9.45. The summed E-state index contributed by atoms with van der Waals surface area (Å²) in [6, 6.07) is 74.2. The quantitative estimate of drug-likeness (QED) is 0.108. The van der Waals surface area contributed by atoms with Crippen LogP contribution in [0.4, 0.5) is 34.1 Å². The summed E-state index contributed by atoms with van der Waals surface area (Å²) in [5.74, 6) is 0. The van der Waals surface area contributed by atoms with Crippen molar-refractivity contribution in [3.63, 3.8) is 0 Å². The van der Waals surface area contributed by atoms with Crippen LogP contribution >= 0.6 is 0 Å². The minimum atomic E-state index is 1.12. The highest BCUT2D eigenvalue weighted by Crippen LogP contribution is 2.43. The zero-order valence-corrected chi connectivity index (χ0v) is 31.7. The number of hydrogen-bond acceptors (Lipinski definition) is 2. The minimum absolute atomic E-state index is 1.12. The van der Waals surface area contributed by atoms with Gasteiger partial charge in [-0.15, -0.1) is 0 Å². The average molecular weight is 719 g/mol. The van der Waals surface area contributed by atoms with Crippen LogP contribution in [0.5, 0.6) is 0 Å². The summed E-state index contributed by atoms with van der Waals surface area (Å²) in [6.07, 6.45) is 4.37. The lowest BCUT2D eigenvalue weighted by molar-refractivity contribution is 1.27. The van der Waals surface area contributed by atoms with Crippen molar-refractivity contribution in [2.75, 3.05) is 9.80 Å². The monoisotopic (exact) mass is 718 g/mol. The fourth-order valence-corrected chi connectivity index (χ4v) is 7.84. The average Bonchev–Trinajstić information content (AvgIpc) is 3.24. The molecule has 0 amide bonds. The van der Waals surface area contributed by atoms with Crippen LogP contribution in [0.15, 0.2) is 206 Å². The lowest BCUT2D eigenvalue weighted by Crippen LogP contribution is -2.11. The van der Waals surface area contributed by atoms with Gasteiger partial charge in [0.1, 0.15) is 0 Å². The van der Waals surface area contributed by atoms with Gasteiger partial charge in [0, 0.05) is 33.8 Å². The molecule has 0 saturated carbocycles. The number of nitrogens with zero attached hydrogens (tertiary/aromatic N) is 2. The van der Waals surface area contributed by atoms with Crippen molar-refractivity contribution in [3.05, 3.63) is 229 Å². The second kappa shape index (κ2) is 15.3. The maximum Gasteiger partial charge on any atom is 0.0546 e. The van der Waals surface area contributed by atoms with Gasteiger partial charge in [-0.2, -0.15) is 0 Å². The molecule has 0 spiro atoms. The Hall–Kier alpha value is -7.16. The third-order valence-corrected chi connectivity index (χ3v) is 10.5. The highest BCUT2D eigenvalue weighted by atomic mass is 15.1. The molecule has 0 unspecified atom stereocenters. The van der Waals surface area contributed by atoms with Crippen molar-refractivity contribution in [1.29, 1.82) is 0 Å². The number of hydrogen-bond donors (Lipinski definition) is 0. The first-order chi connectivity index (χ1) is 27.6. The van der Waals surface area contributed by atoms with E-state index < -0.39 is 0 Å².